The zero-order valence-corrected chi connectivity index (χ0v) is 12.1. The van der Waals surface area contributed by atoms with Gasteiger partial charge in [0.25, 0.3) is 0 Å². The third-order valence-corrected chi connectivity index (χ3v) is 4.33. The van der Waals surface area contributed by atoms with Gasteiger partial charge in [-0.05, 0) is 43.5 Å². The predicted octanol–water partition coefficient (Wildman–Crippen LogP) is 1.82. The molecule has 2 aromatic rings. The molecule has 0 unspecified atom stereocenters. The number of aromatic nitrogens is 2. The van der Waals surface area contributed by atoms with Crippen LogP contribution in [0.2, 0.25) is 0 Å². The van der Waals surface area contributed by atoms with Crippen molar-refractivity contribution in [3.05, 3.63) is 41.2 Å². The highest BCUT2D eigenvalue weighted by molar-refractivity contribution is 7.86. The second-order valence-corrected chi connectivity index (χ2v) is 6.32. The first-order valence-corrected chi connectivity index (χ1v) is 7.86. The Morgan fingerprint density at radius 1 is 1.19 bits per heavy atom. The van der Waals surface area contributed by atoms with Crippen molar-refractivity contribution < 1.29 is 17.3 Å². The molecule has 1 aliphatic carbocycles. The lowest BCUT2D eigenvalue weighted by molar-refractivity contribution is 0.302. The molecule has 0 aliphatic heterocycles. The zero-order chi connectivity index (χ0) is 14.9. The molecule has 0 atom stereocenters. The van der Waals surface area contributed by atoms with Gasteiger partial charge in [-0.1, -0.05) is 28.0 Å². The number of nitrogens with zero attached hydrogens (tertiary/aromatic N) is 3. The van der Waals surface area contributed by atoms with Crippen molar-refractivity contribution in [1.29, 1.82) is 0 Å². The molecule has 1 heterocycles. The van der Waals surface area contributed by atoms with Gasteiger partial charge in [-0.2, -0.15) is 8.42 Å². The summed E-state index contributed by atoms with van der Waals surface area (Å²) < 4.78 is 33.5. The van der Waals surface area contributed by atoms with Crippen molar-refractivity contribution in [2.75, 3.05) is 0 Å². The van der Waals surface area contributed by atoms with Crippen LogP contribution in [0.5, 0.6) is 0 Å². The second-order valence-electron chi connectivity index (χ2n) is 4.79. The molecular weight excluding hydrogens is 294 g/mol. The van der Waals surface area contributed by atoms with Crippen LogP contribution in [-0.4, -0.2) is 24.4 Å². The highest BCUT2D eigenvalue weighted by Gasteiger charge is 2.23. The number of hydrogen-bond donors (Lipinski definition) is 0. The number of aryl methyl sites for hydroxylation is 2. The zero-order valence-electron chi connectivity index (χ0n) is 11.3. The molecule has 7 nitrogen and oxygen atoms in total. The molecule has 8 heteroatoms. The molecule has 3 rings (SSSR count). The molecular formula is C13H13N3O4S. The van der Waals surface area contributed by atoms with E-state index in [1.807, 2.05) is 6.92 Å². The molecule has 0 saturated carbocycles. The molecule has 0 saturated heterocycles. The smallest absolute Gasteiger partial charge is 0.264 e. The van der Waals surface area contributed by atoms with Crippen LogP contribution in [0.1, 0.15) is 29.8 Å². The van der Waals surface area contributed by atoms with Crippen molar-refractivity contribution in [2.45, 2.75) is 31.1 Å². The Morgan fingerprint density at radius 3 is 2.71 bits per heavy atom. The van der Waals surface area contributed by atoms with Crippen molar-refractivity contribution in [3.63, 3.8) is 0 Å². The number of oxime groups is 1. The van der Waals surface area contributed by atoms with Crippen LogP contribution in [0, 0.1) is 6.92 Å². The van der Waals surface area contributed by atoms with E-state index in [1.54, 1.807) is 12.1 Å². The van der Waals surface area contributed by atoms with E-state index in [0.717, 1.165) is 18.4 Å². The lowest BCUT2D eigenvalue weighted by Crippen LogP contribution is -2.13. The van der Waals surface area contributed by atoms with Gasteiger partial charge in [0, 0.05) is 0 Å². The topological polar surface area (TPSA) is 94.7 Å². The van der Waals surface area contributed by atoms with Crippen LogP contribution in [0.4, 0.5) is 0 Å². The van der Waals surface area contributed by atoms with E-state index in [9.17, 15) is 8.42 Å². The van der Waals surface area contributed by atoms with Crippen molar-refractivity contribution in [3.8, 4) is 0 Å². The van der Waals surface area contributed by atoms with Crippen LogP contribution in [0.25, 0.3) is 0 Å². The van der Waals surface area contributed by atoms with Crippen LogP contribution in [0.15, 0.2) is 38.9 Å². The summed E-state index contributed by atoms with van der Waals surface area (Å²) in [6.07, 6.45) is 2.11. The summed E-state index contributed by atoms with van der Waals surface area (Å²) in [5, 5.41) is 11.2. The van der Waals surface area contributed by atoms with Gasteiger partial charge >= 0.3 is 10.1 Å². The highest BCUT2D eigenvalue weighted by Crippen LogP contribution is 2.20. The molecule has 1 aromatic carbocycles. The molecule has 1 aromatic heterocycles. The maximum atomic E-state index is 12.0. The highest BCUT2D eigenvalue weighted by atomic mass is 32.2. The SMILES string of the molecule is Cc1ccc(S(=O)(=O)ON=C2CCCc3nonc32)cc1. The Hall–Kier alpha value is -2.22. The first-order chi connectivity index (χ1) is 10.1. The average Bonchev–Trinajstić information content (AvgIpc) is 2.94. The van der Waals surface area contributed by atoms with Crippen molar-refractivity contribution in [2.24, 2.45) is 5.16 Å². The third kappa shape index (κ3) is 2.80. The third-order valence-electron chi connectivity index (χ3n) is 3.21. The summed E-state index contributed by atoms with van der Waals surface area (Å²) in [4.78, 5) is 0.0618. The molecule has 0 amide bonds. The molecule has 0 radical (unpaired) electrons. The maximum Gasteiger partial charge on any atom is 0.358 e. The Kier molecular flexibility index (Phi) is 3.46. The number of hydrogen-bond acceptors (Lipinski definition) is 7. The Bertz CT molecular complexity index is 778. The van der Waals surface area contributed by atoms with Gasteiger partial charge in [0.1, 0.15) is 16.3 Å². The van der Waals surface area contributed by atoms with Crippen LogP contribution < -0.4 is 0 Å². The van der Waals surface area contributed by atoms with Gasteiger partial charge in [0.15, 0.2) is 5.69 Å². The van der Waals surface area contributed by atoms with E-state index in [0.29, 0.717) is 23.5 Å². The predicted molar refractivity (Wildman–Crippen MR) is 73.2 cm³/mol. The average molecular weight is 307 g/mol. The lowest BCUT2D eigenvalue weighted by atomic mass is 9.99. The van der Waals surface area contributed by atoms with E-state index in [4.69, 9.17) is 4.28 Å². The standard InChI is InChI=1S/C13H13N3O4S/c1-9-5-7-10(8-6-9)21(17,18)20-15-12-4-2-3-11-13(12)16-19-14-11/h5-8H,2-4H2,1H3. The first kappa shape index (κ1) is 13.7. The van der Waals surface area contributed by atoms with E-state index >= 15 is 0 Å². The number of fused-ring (bicyclic) bond motifs is 1. The molecule has 1 aliphatic rings. The van der Waals surface area contributed by atoms with E-state index < -0.39 is 10.1 Å². The van der Waals surface area contributed by atoms with Crippen molar-refractivity contribution >= 4 is 15.8 Å². The Morgan fingerprint density at radius 2 is 1.95 bits per heavy atom. The van der Waals surface area contributed by atoms with E-state index in [1.165, 1.54) is 12.1 Å². The number of rotatable bonds is 3. The number of benzene rings is 1. The van der Waals surface area contributed by atoms with Gasteiger partial charge in [0.2, 0.25) is 0 Å². The Labute approximate surface area is 121 Å². The minimum atomic E-state index is -3.93. The van der Waals surface area contributed by atoms with Crippen molar-refractivity contribution in [1.82, 2.24) is 10.3 Å². The van der Waals surface area contributed by atoms with Crippen LogP contribution in [-0.2, 0) is 20.8 Å². The van der Waals surface area contributed by atoms with Gasteiger partial charge in [0.05, 0.1) is 0 Å². The first-order valence-electron chi connectivity index (χ1n) is 6.45. The largest absolute Gasteiger partial charge is 0.358 e. The molecule has 0 spiro atoms. The summed E-state index contributed by atoms with van der Waals surface area (Å²) in [6.45, 7) is 1.87. The summed E-state index contributed by atoms with van der Waals surface area (Å²) in [6, 6.07) is 6.36. The molecule has 110 valence electrons. The molecule has 21 heavy (non-hydrogen) atoms. The van der Waals surface area contributed by atoms with Gasteiger partial charge in [-0.3, -0.25) is 4.28 Å². The lowest BCUT2D eigenvalue weighted by Gasteiger charge is -2.09. The molecule has 0 fully saturated rings. The fourth-order valence-electron chi connectivity index (χ4n) is 2.06. The summed E-state index contributed by atoms with van der Waals surface area (Å²) in [7, 11) is -3.93. The molecule has 0 bridgehead atoms. The second kappa shape index (κ2) is 5.28. The fourth-order valence-corrected chi connectivity index (χ4v) is 2.81. The summed E-state index contributed by atoms with van der Waals surface area (Å²) >= 11 is 0. The minimum absolute atomic E-state index is 0.0618. The quantitative estimate of drug-likeness (QED) is 0.803. The van der Waals surface area contributed by atoms with Gasteiger partial charge < -0.3 is 0 Å². The molecule has 0 N–H and O–H groups in total. The monoisotopic (exact) mass is 307 g/mol. The van der Waals surface area contributed by atoms with Crippen LogP contribution in [0.3, 0.4) is 0 Å². The maximum absolute atomic E-state index is 12.0. The van der Waals surface area contributed by atoms with Gasteiger partial charge in [-0.25, -0.2) is 4.63 Å². The summed E-state index contributed by atoms with van der Waals surface area (Å²) in [5.41, 5.74) is 2.55. The van der Waals surface area contributed by atoms with E-state index in [-0.39, 0.29) is 4.90 Å². The Balaban J connectivity index is 1.85. The van der Waals surface area contributed by atoms with Gasteiger partial charge in [-0.15, -0.1) is 0 Å². The minimum Gasteiger partial charge on any atom is -0.264 e. The van der Waals surface area contributed by atoms with E-state index in [2.05, 4.69) is 20.1 Å². The fraction of sp³-hybridized carbons (Fsp3) is 0.308. The summed E-state index contributed by atoms with van der Waals surface area (Å²) in [5.74, 6) is 0. The normalized spacial score (nSPS) is 16.7. The van der Waals surface area contributed by atoms with Crippen LogP contribution >= 0.6 is 0 Å².